The van der Waals surface area contributed by atoms with Crippen LogP contribution in [0, 0.1) is 5.82 Å². The van der Waals surface area contributed by atoms with Gasteiger partial charge >= 0.3 is 0 Å². The van der Waals surface area contributed by atoms with Gasteiger partial charge in [0.1, 0.15) is 52.9 Å². The lowest BCUT2D eigenvalue weighted by atomic mass is 10.0. The topological polar surface area (TPSA) is 139 Å². The smallest absolute Gasteiger partial charge is 0.143 e. The Morgan fingerprint density at radius 2 is 1.29 bits per heavy atom. The molecule has 2 aliphatic heterocycles. The van der Waals surface area contributed by atoms with E-state index in [9.17, 15) is 4.39 Å². The number of H-pyrrole nitrogens is 2. The SMILES string of the molecule is COc1ccc(F)c(Cl)c1-c1c[nH]c2ncnc(N3CCOCC3)c12.COc1ccncc1-c1c[nH]c2ncnc(N3CCOCC3)c12. The molecule has 0 saturated carbocycles. The Hall–Kier alpha value is -5.05. The summed E-state index contributed by atoms with van der Waals surface area (Å²) in [6.07, 6.45) is 10.3. The molecule has 0 bridgehead atoms. The third kappa shape index (κ3) is 5.93. The van der Waals surface area contributed by atoms with Gasteiger partial charge in [-0.15, -0.1) is 0 Å². The maximum Gasteiger partial charge on any atom is 0.143 e. The average Bonchev–Trinajstić information content (AvgIpc) is 3.78. The number of aromatic amines is 2. The standard InChI is InChI=1S/C17H16ClFN4O2.C16H17N5O2/c1-24-12-3-2-11(19)15(18)13(12)10-8-20-16-14(10)17(22-9-21-16)23-4-6-25-7-5-23;1-22-13-2-3-17-8-11(13)12-9-18-15-14(12)16(20-10-19-15)21-4-6-23-7-5-21/h2-3,8-9H,4-7H2,1H3,(H,20,21,22);2-3,8-10H,4-7H2,1H3,(H,18,19,20). The highest BCUT2D eigenvalue weighted by Crippen LogP contribution is 2.43. The number of morpholine rings is 2. The highest BCUT2D eigenvalue weighted by atomic mass is 35.5. The molecule has 2 fully saturated rings. The molecular weight excluding hydrogens is 641 g/mol. The van der Waals surface area contributed by atoms with Gasteiger partial charge in [0.15, 0.2) is 0 Å². The minimum atomic E-state index is -0.503. The molecule has 2 saturated heterocycles. The van der Waals surface area contributed by atoms with Crippen LogP contribution in [0.1, 0.15) is 0 Å². The fourth-order valence-electron chi connectivity index (χ4n) is 6.05. The molecule has 15 heteroatoms. The number of hydrogen-bond donors (Lipinski definition) is 2. The Morgan fingerprint density at radius 1 is 0.729 bits per heavy atom. The first-order chi connectivity index (χ1) is 23.6. The van der Waals surface area contributed by atoms with Crippen molar-refractivity contribution >= 4 is 45.3 Å². The summed E-state index contributed by atoms with van der Waals surface area (Å²) in [5.74, 6) is 2.45. The van der Waals surface area contributed by atoms with E-state index in [-0.39, 0.29) is 5.02 Å². The number of halogens is 2. The van der Waals surface area contributed by atoms with Crippen LogP contribution in [0.4, 0.5) is 16.0 Å². The molecule has 48 heavy (non-hydrogen) atoms. The Labute approximate surface area is 280 Å². The number of aromatic nitrogens is 7. The van der Waals surface area contributed by atoms with E-state index < -0.39 is 5.82 Å². The van der Waals surface area contributed by atoms with Crippen LogP contribution in [0.15, 0.2) is 55.6 Å². The molecule has 0 amide bonds. The van der Waals surface area contributed by atoms with Crippen LogP contribution >= 0.6 is 11.6 Å². The molecule has 6 aromatic rings. The van der Waals surface area contributed by atoms with Gasteiger partial charge in [-0.05, 0) is 18.2 Å². The highest BCUT2D eigenvalue weighted by molar-refractivity contribution is 6.34. The van der Waals surface area contributed by atoms with Crippen molar-refractivity contribution in [2.75, 3.05) is 76.6 Å². The number of rotatable bonds is 6. The Kier molecular flexibility index (Phi) is 9.18. The van der Waals surface area contributed by atoms with Gasteiger partial charge in [0.25, 0.3) is 0 Å². The van der Waals surface area contributed by atoms with Crippen LogP contribution in [0.3, 0.4) is 0 Å². The molecule has 13 nitrogen and oxygen atoms in total. The van der Waals surface area contributed by atoms with Crippen LogP contribution in [0.25, 0.3) is 44.3 Å². The quantitative estimate of drug-likeness (QED) is 0.243. The van der Waals surface area contributed by atoms with Crippen molar-refractivity contribution in [3.8, 4) is 33.8 Å². The minimum absolute atomic E-state index is 0.0111. The van der Waals surface area contributed by atoms with Gasteiger partial charge in [0, 0.05) is 73.2 Å². The van der Waals surface area contributed by atoms with Gasteiger partial charge in [-0.3, -0.25) is 4.98 Å². The van der Waals surface area contributed by atoms with Crippen LogP contribution in [-0.4, -0.2) is 102 Å². The first-order valence-electron chi connectivity index (χ1n) is 15.4. The fourth-order valence-corrected chi connectivity index (χ4v) is 6.31. The summed E-state index contributed by atoms with van der Waals surface area (Å²) >= 11 is 6.26. The summed E-state index contributed by atoms with van der Waals surface area (Å²) in [4.78, 5) is 32.6. The lowest BCUT2D eigenvalue weighted by Gasteiger charge is -2.28. The van der Waals surface area contributed by atoms with Crippen molar-refractivity contribution in [1.82, 2.24) is 34.9 Å². The van der Waals surface area contributed by atoms with Gasteiger partial charge in [-0.2, -0.15) is 0 Å². The summed E-state index contributed by atoms with van der Waals surface area (Å²) < 4.78 is 35.8. The largest absolute Gasteiger partial charge is 0.496 e. The summed E-state index contributed by atoms with van der Waals surface area (Å²) in [6.45, 7) is 5.78. The number of ether oxygens (including phenoxy) is 4. The maximum absolute atomic E-state index is 14.1. The third-order valence-electron chi connectivity index (χ3n) is 8.36. The van der Waals surface area contributed by atoms with E-state index in [2.05, 4.69) is 44.7 Å². The van der Waals surface area contributed by atoms with Gasteiger partial charge < -0.3 is 38.7 Å². The first-order valence-corrected chi connectivity index (χ1v) is 15.8. The zero-order valence-corrected chi connectivity index (χ0v) is 27.1. The van der Waals surface area contributed by atoms with E-state index in [1.807, 2.05) is 12.3 Å². The predicted octanol–water partition coefficient (Wildman–Crippen LogP) is 5.13. The monoisotopic (exact) mass is 673 g/mol. The number of pyridine rings is 1. The summed E-state index contributed by atoms with van der Waals surface area (Å²) in [7, 11) is 3.19. The number of anilines is 2. The van der Waals surface area contributed by atoms with Crippen LogP contribution in [-0.2, 0) is 9.47 Å². The van der Waals surface area contributed by atoms with Crippen molar-refractivity contribution in [1.29, 1.82) is 0 Å². The maximum atomic E-state index is 14.1. The molecule has 248 valence electrons. The van der Waals surface area contributed by atoms with E-state index in [1.165, 1.54) is 19.5 Å². The van der Waals surface area contributed by atoms with Crippen molar-refractivity contribution < 1.29 is 23.3 Å². The average molecular weight is 674 g/mol. The predicted molar refractivity (Wildman–Crippen MR) is 181 cm³/mol. The Bertz CT molecular complexity index is 2040. The molecule has 0 radical (unpaired) electrons. The zero-order valence-electron chi connectivity index (χ0n) is 26.4. The summed E-state index contributed by atoms with van der Waals surface area (Å²) in [6, 6.07) is 4.71. The van der Waals surface area contributed by atoms with Gasteiger partial charge in [0.2, 0.25) is 0 Å². The van der Waals surface area contributed by atoms with Crippen molar-refractivity contribution in [3.05, 3.63) is 66.5 Å². The normalized spacial score (nSPS) is 15.0. The van der Waals surface area contributed by atoms with E-state index in [0.29, 0.717) is 49.0 Å². The number of fused-ring (bicyclic) bond motifs is 2. The number of methoxy groups -OCH3 is 2. The van der Waals surface area contributed by atoms with Gasteiger partial charge in [0.05, 0.1) is 56.4 Å². The third-order valence-corrected chi connectivity index (χ3v) is 8.73. The molecule has 2 N–H and O–H groups in total. The number of benzene rings is 1. The van der Waals surface area contributed by atoms with Crippen LogP contribution < -0.4 is 19.3 Å². The van der Waals surface area contributed by atoms with E-state index in [1.54, 1.807) is 38.1 Å². The van der Waals surface area contributed by atoms with E-state index >= 15 is 0 Å². The van der Waals surface area contributed by atoms with Crippen molar-refractivity contribution in [3.63, 3.8) is 0 Å². The molecule has 8 rings (SSSR count). The minimum Gasteiger partial charge on any atom is -0.496 e. The molecule has 0 atom stereocenters. The zero-order chi connectivity index (χ0) is 33.0. The van der Waals surface area contributed by atoms with E-state index in [0.717, 1.165) is 71.1 Å². The number of nitrogens with one attached hydrogen (secondary N) is 2. The molecule has 5 aromatic heterocycles. The second-order valence-corrected chi connectivity index (χ2v) is 11.3. The fraction of sp³-hybridized carbons (Fsp3) is 0.303. The Morgan fingerprint density at radius 3 is 1.88 bits per heavy atom. The molecule has 1 aromatic carbocycles. The summed E-state index contributed by atoms with van der Waals surface area (Å²) in [5.41, 5.74) is 4.58. The lowest BCUT2D eigenvalue weighted by molar-refractivity contribution is 0.122. The summed E-state index contributed by atoms with van der Waals surface area (Å²) in [5, 5.41) is 1.79. The molecule has 2 aliphatic rings. The Balaban J connectivity index is 0.000000152. The molecular formula is C33H33ClFN9O4. The molecule has 0 spiro atoms. The van der Waals surface area contributed by atoms with Crippen LogP contribution in [0.2, 0.25) is 5.02 Å². The van der Waals surface area contributed by atoms with Gasteiger partial charge in [-0.1, -0.05) is 11.6 Å². The van der Waals surface area contributed by atoms with E-state index in [4.69, 9.17) is 30.5 Å². The molecule has 0 aliphatic carbocycles. The van der Waals surface area contributed by atoms with Crippen LogP contribution in [0.5, 0.6) is 11.5 Å². The van der Waals surface area contributed by atoms with Crippen molar-refractivity contribution in [2.45, 2.75) is 0 Å². The highest BCUT2D eigenvalue weighted by Gasteiger charge is 2.24. The first kappa shape index (κ1) is 31.5. The number of hydrogen-bond acceptors (Lipinski definition) is 11. The lowest BCUT2D eigenvalue weighted by Crippen LogP contribution is -2.36. The number of nitrogens with zero attached hydrogens (tertiary/aromatic N) is 7. The molecule has 7 heterocycles. The second-order valence-electron chi connectivity index (χ2n) is 11.0. The van der Waals surface area contributed by atoms with Crippen molar-refractivity contribution in [2.24, 2.45) is 0 Å². The van der Waals surface area contributed by atoms with Gasteiger partial charge in [-0.25, -0.2) is 24.3 Å². The second kappa shape index (κ2) is 14.0. The molecule has 0 unspecified atom stereocenters.